The first kappa shape index (κ1) is 15.2. The number of hydrogen-bond acceptors (Lipinski definition) is 2. The van der Waals surface area contributed by atoms with E-state index in [0.717, 1.165) is 19.3 Å². The normalized spacial score (nSPS) is 32.6. The van der Waals surface area contributed by atoms with Crippen LogP contribution >= 0.6 is 0 Å². The monoisotopic (exact) mass is 232 g/mol. The van der Waals surface area contributed by atoms with Crippen molar-refractivity contribution in [2.24, 2.45) is 10.8 Å². The Morgan fingerprint density at radius 2 is 2.00 bits per heavy atom. The lowest BCUT2D eigenvalue weighted by Crippen LogP contribution is -2.66. The Hall–Kier alpha value is -0.810. The van der Waals surface area contributed by atoms with E-state index in [1.807, 2.05) is 0 Å². The highest BCUT2D eigenvalue weighted by Crippen LogP contribution is 2.44. The largest absolute Gasteiger partial charge is 0.530 e. The van der Waals surface area contributed by atoms with Crippen LogP contribution in [0.5, 0.6) is 0 Å². The van der Waals surface area contributed by atoms with Crippen LogP contribution in [0.3, 0.4) is 0 Å². The molecule has 1 aliphatic rings. The van der Waals surface area contributed by atoms with Gasteiger partial charge in [0.15, 0.2) is 0 Å². The van der Waals surface area contributed by atoms with Crippen molar-refractivity contribution in [1.82, 2.24) is 5.32 Å². The van der Waals surface area contributed by atoms with E-state index in [1.54, 1.807) is 0 Å². The third-order valence-electron chi connectivity index (χ3n) is 3.19. The van der Waals surface area contributed by atoms with Gasteiger partial charge in [0, 0.05) is 19.4 Å². The van der Waals surface area contributed by atoms with Crippen molar-refractivity contribution in [2.75, 3.05) is 6.54 Å². The van der Waals surface area contributed by atoms with Crippen LogP contribution < -0.4 is 16.2 Å². The average molecular weight is 232 g/mol. The minimum absolute atomic E-state index is 0. The third-order valence-corrected chi connectivity index (χ3v) is 3.19. The van der Waals surface area contributed by atoms with Gasteiger partial charge in [0.2, 0.25) is 0 Å². The molecule has 5 nitrogen and oxygen atoms in total. The number of nitrogens with one attached hydrogen (secondary N) is 1. The molecule has 5 heteroatoms. The van der Waals surface area contributed by atoms with Gasteiger partial charge >= 0.3 is 0 Å². The van der Waals surface area contributed by atoms with Crippen molar-refractivity contribution in [3.8, 4) is 0 Å². The predicted molar refractivity (Wildman–Crippen MR) is 59.4 cm³/mol. The Morgan fingerprint density at radius 1 is 1.44 bits per heavy atom. The van der Waals surface area contributed by atoms with Crippen molar-refractivity contribution >= 4 is 6.09 Å². The standard InChI is InChI=1S/C11H22N2O2.H2O/c1-10(2)4-8(12)5-11(3,6-10)7-13-9(14)15;/h8,13H,4-7,12H2,1-3H3,(H,14,15);1H2/t8-,11-;/m0./s1. The topological polar surface area (TPSA) is 111 Å². The molecule has 1 rings (SSSR count). The molecule has 1 amide bonds. The molecule has 6 N–H and O–H groups in total. The predicted octanol–water partition coefficient (Wildman–Crippen LogP) is -1.08. The van der Waals surface area contributed by atoms with Gasteiger partial charge in [-0.3, -0.25) is 0 Å². The number of amides is 1. The van der Waals surface area contributed by atoms with E-state index in [1.165, 1.54) is 0 Å². The van der Waals surface area contributed by atoms with Gasteiger partial charge in [-0.1, -0.05) is 20.8 Å². The molecule has 0 aromatic carbocycles. The van der Waals surface area contributed by atoms with Crippen molar-refractivity contribution in [3.63, 3.8) is 0 Å². The summed E-state index contributed by atoms with van der Waals surface area (Å²) in [4.78, 5) is 10.4. The van der Waals surface area contributed by atoms with Crippen LogP contribution in [0.4, 0.5) is 4.79 Å². The molecule has 0 spiro atoms. The molecule has 0 unspecified atom stereocenters. The van der Waals surface area contributed by atoms with Gasteiger partial charge in [-0.15, -0.1) is 0 Å². The Morgan fingerprint density at radius 3 is 2.44 bits per heavy atom. The SMILES string of the molecule is CC1(C)C[C@H]([NH3+])C[C@](C)(CNC(=O)[O-])C1.O. The van der Waals surface area contributed by atoms with E-state index in [0.29, 0.717) is 12.6 Å². The molecule has 1 fully saturated rings. The molecule has 0 aromatic rings. The van der Waals surface area contributed by atoms with Gasteiger partial charge in [-0.25, -0.2) is 0 Å². The Balaban J connectivity index is 0.00000225. The summed E-state index contributed by atoms with van der Waals surface area (Å²) >= 11 is 0. The van der Waals surface area contributed by atoms with E-state index < -0.39 is 6.09 Å². The van der Waals surface area contributed by atoms with Gasteiger partial charge in [0.1, 0.15) is 6.09 Å². The second kappa shape index (κ2) is 5.01. The first-order valence-corrected chi connectivity index (χ1v) is 5.50. The van der Waals surface area contributed by atoms with E-state index in [-0.39, 0.29) is 16.3 Å². The molecule has 1 saturated carbocycles. The Bertz CT molecular complexity index is 256. The van der Waals surface area contributed by atoms with Crippen LogP contribution in [0, 0.1) is 10.8 Å². The molecule has 0 heterocycles. The Labute approximate surface area is 96.7 Å². The lowest BCUT2D eigenvalue weighted by Gasteiger charge is -2.44. The highest BCUT2D eigenvalue weighted by molar-refractivity contribution is 5.61. The van der Waals surface area contributed by atoms with Gasteiger partial charge in [-0.2, -0.15) is 0 Å². The summed E-state index contributed by atoms with van der Waals surface area (Å²) in [5, 5.41) is 12.8. The van der Waals surface area contributed by atoms with Crippen molar-refractivity contribution in [1.29, 1.82) is 0 Å². The number of carbonyl (C=O) groups is 1. The summed E-state index contributed by atoms with van der Waals surface area (Å²) < 4.78 is 0. The second-order valence-electron chi connectivity index (χ2n) is 6.07. The first-order valence-electron chi connectivity index (χ1n) is 5.50. The zero-order valence-corrected chi connectivity index (χ0v) is 10.4. The van der Waals surface area contributed by atoms with Crippen molar-refractivity contribution < 1.29 is 21.1 Å². The summed E-state index contributed by atoms with van der Waals surface area (Å²) in [6.45, 7) is 7.05. The molecular weight excluding hydrogens is 208 g/mol. The smallest absolute Gasteiger partial charge is 0.134 e. The van der Waals surface area contributed by atoms with E-state index >= 15 is 0 Å². The molecule has 96 valence electrons. The number of hydrogen-bond donors (Lipinski definition) is 2. The maximum Gasteiger partial charge on any atom is 0.134 e. The minimum Gasteiger partial charge on any atom is -0.530 e. The van der Waals surface area contributed by atoms with Crippen LogP contribution in [0.15, 0.2) is 0 Å². The summed E-state index contributed by atoms with van der Waals surface area (Å²) in [7, 11) is 0. The highest BCUT2D eigenvalue weighted by atomic mass is 16.4. The van der Waals surface area contributed by atoms with Crippen LogP contribution in [0.25, 0.3) is 0 Å². The fraction of sp³-hybridized carbons (Fsp3) is 0.909. The zero-order chi connectivity index (χ0) is 11.7. The number of carbonyl (C=O) groups excluding carboxylic acids is 1. The zero-order valence-electron chi connectivity index (χ0n) is 10.4. The van der Waals surface area contributed by atoms with Gasteiger partial charge in [-0.05, 0) is 17.3 Å². The van der Waals surface area contributed by atoms with E-state index in [4.69, 9.17) is 0 Å². The molecular formula is C11H24N2O3. The first-order chi connectivity index (χ1) is 6.72. The molecule has 16 heavy (non-hydrogen) atoms. The molecule has 2 atom stereocenters. The van der Waals surface area contributed by atoms with E-state index in [9.17, 15) is 9.90 Å². The molecule has 0 aromatic heterocycles. The summed E-state index contributed by atoms with van der Waals surface area (Å²) in [5.41, 5.74) is 4.40. The van der Waals surface area contributed by atoms with Gasteiger partial charge in [0.05, 0.1) is 6.04 Å². The second-order valence-corrected chi connectivity index (χ2v) is 6.07. The number of quaternary nitrogens is 1. The third kappa shape index (κ3) is 4.37. The summed E-state index contributed by atoms with van der Waals surface area (Å²) in [5.74, 6) is 0. The minimum atomic E-state index is -1.18. The number of rotatable bonds is 2. The molecule has 0 radical (unpaired) electrons. The molecule has 0 saturated heterocycles. The van der Waals surface area contributed by atoms with Crippen molar-refractivity contribution in [2.45, 2.75) is 46.1 Å². The summed E-state index contributed by atoms with van der Waals surface area (Å²) in [6, 6.07) is 0.419. The maximum atomic E-state index is 10.4. The highest BCUT2D eigenvalue weighted by Gasteiger charge is 2.41. The van der Waals surface area contributed by atoms with Crippen LogP contribution in [-0.4, -0.2) is 24.2 Å². The molecule has 0 aliphatic heterocycles. The van der Waals surface area contributed by atoms with Crippen molar-refractivity contribution in [3.05, 3.63) is 0 Å². The van der Waals surface area contributed by atoms with Crippen LogP contribution in [0.2, 0.25) is 0 Å². The van der Waals surface area contributed by atoms with Crippen LogP contribution in [-0.2, 0) is 0 Å². The Kier molecular flexibility index (Phi) is 4.76. The molecule has 0 bridgehead atoms. The maximum absolute atomic E-state index is 10.4. The fourth-order valence-corrected chi connectivity index (χ4v) is 3.27. The van der Waals surface area contributed by atoms with Crippen LogP contribution in [0.1, 0.15) is 40.0 Å². The fourth-order valence-electron chi connectivity index (χ4n) is 3.27. The quantitative estimate of drug-likeness (QED) is 0.631. The van der Waals surface area contributed by atoms with Gasteiger partial charge in [0.25, 0.3) is 0 Å². The summed E-state index contributed by atoms with van der Waals surface area (Å²) in [6.07, 6.45) is 1.96. The van der Waals surface area contributed by atoms with E-state index in [2.05, 4.69) is 31.8 Å². The van der Waals surface area contributed by atoms with Gasteiger partial charge < -0.3 is 26.4 Å². The molecule has 1 aliphatic carbocycles. The average Bonchev–Trinajstić information content (AvgIpc) is 1.96. The number of carboxylic acid groups (broad SMARTS) is 1. The lowest BCUT2D eigenvalue weighted by molar-refractivity contribution is -0.436. The lowest BCUT2D eigenvalue weighted by atomic mass is 9.63.